The monoisotopic (exact) mass is 466 g/mol. The van der Waals surface area contributed by atoms with Gasteiger partial charge in [0.15, 0.2) is 5.84 Å². The van der Waals surface area contributed by atoms with Crippen LogP contribution in [0.2, 0.25) is 0 Å². The van der Waals surface area contributed by atoms with Crippen molar-refractivity contribution in [2.75, 3.05) is 0 Å². The van der Waals surface area contributed by atoms with Gasteiger partial charge >= 0.3 is 0 Å². The zero-order chi connectivity index (χ0) is 24.5. The molecule has 0 amide bonds. The van der Waals surface area contributed by atoms with E-state index in [1.54, 1.807) is 0 Å². The molecule has 36 heavy (non-hydrogen) atoms. The van der Waals surface area contributed by atoms with E-state index in [4.69, 9.17) is 14.8 Å². The SMILES string of the molecule is Cc1ccc2oc3cccc(C(=NC(=N)c4ccc(-c5ccccc5)cc4)C4=CCCC=C4)c3c2c1. The van der Waals surface area contributed by atoms with E-state index in [0.29, 0.717) is 0 Å². The van der Waals surface area contributed by atoms with E-state index in [1.165, 1.54) is 5.56 Å². The molecule has 1 aromatic heterocycles. The molecule has 0 saturated heterocycles. The van der Waals surface area contributed by atoms with Crippen LogP contribution < -0.4 is 0 Å². The topological polar surface area (TPSA) is 49.4 Å². The number of benzene rings is 4. The van der Waals surface area contributed by atoms with E-state index in [2.05, 4.69) is 67.6 Å². The van der Waals surface area contributed by atoms with Gasteiger partial charge in [0.25, 0.3) is 0 Å². The number of fused-ring (bicyclic) bond motifs is 3. The summed E-state index contributed by atoms with van der Waals surface area (Å²) < 4.78 is 6.18. The van der Waals surface area contributed by atoms with Gasteiger partial charge in [-0.2, -0.15) is 0 Å². The summed E-state index contributed by atoms with van der Waals surface area (Å²) in [6.07, 6.45) is 8.51. The largest absolute Gasteiger partial charge is 0.456 e. The molecule has 0 fully saturated rings. The Morgan fingerprint density at radius 2 is 1.61 bits per heavy atom. The van der Waals surface area contributed by atoms with Crippen molar-refractivity contribution in [1.29, 1.82) is 5.41 Å². The predicted octanol–water partition coefficient (Wildman–Crippen LogP) is 8.65. The summed E-state index contributed by atoms with van der Waals surface area (Å²) in [6, 6.07) is 30.7. The molecule has 0 atom stereocenters. The third kappa shape index (κ3) is 4.09. The smallest absolute Gasteiger partial charge is 0.152 e. The Kier molecular flexibility index (Phi) is 5.67. The van der Waals surface area contributed by atoms with Crippen LogP contribution in [0.5, 0.6) is 0 Å². The molecule has 0 aliphatic heterocycles. The Bertz CT molecular complexity index is 1680. The van der Waals surface area contributed by atoms with Gasteiger partial charge in [-0.1, -0.05) is 96.6 Å². The first-order valence-electron chi connectivity index (χ1n) is 12.3. The highest BCUT2D eigenvalue weighted by Crippen LogP contribution is 2.34. The first-order chi connectivity index (χ1) is 17.7. The van der Waals surface area contributed by atoms with E-state index in [-0.39, 0.29) is 5.84 Å². The number of amidine groups is 1. The number of furan rings is 1. The molecule has 1 heterocycles. The van der Waals surface area contributed by atoms with Crippen molar-refractivity contribution >= 4 is 33.5 Å². The number of rotatable bonds is 4. The lowest BCUT2D eigenvalue weighted by Gasteiger charge is -2.13. The Hall–Kier alpha value is -4.50. The molecule has 3 heteroatoms. The molecule has 0 unspecified atom stereocenters. The summed E-state index contributed by atoms with van der Waals surface area (Å²) in [7, 11) is 0. The summed E-state index contributed by atoms with van der Waals surface area (Å²) in [5.74, 6) is 0.241. The number of hydrogen-bond acceptors (Lipinski definition) is 2. The minimum Gasteiger partial charge on any atom is -0.456 e. The molecule has 0 radical (unpaired) electrons. The number of nitrogens with zero attached hydrogens (tertiary/aromatic N) is 1. The molecule has 1 aliphatic carbocycles. The maximum absolute atomic E-state index is 8.91. The van der Waals surface area contributed by atoms with Crippen LogP contribution >= 0.6 is 0 Å². The van der Waals surface area contributed by atoms with Crippen LogP contribution in [0.1, 0.15) is 29.5 Å². The molecular weight excluding hydrogens is 440 g/mol. The third-order valence-corrected chi connectivity index (χ3v) is 6.66. The Labute approximate surface area is 210 Å². The minimum atomic E-state index is 0.241. The van der Waals surface area contributed by atoms with Crippen molar-refractivity contribution in [2.24, 2.45) is 4.99 Å². The molecule has 1 N–H and O–H groups in total. The van der Waals surface area contributed by atoms with E-state index >= 15 is 0 Å². The Morgan fingerprint density at radius 1 is 0.806 bits per heavy atom. The molecule has 0 bridgehead atoms. The van der Waals surface area contributed by atoms with Crippen LogP contribution in [0.15, 0.2) is 124 Å². The van der Waals surface area contributed by atoms with Gasteiger partial charge in [0.05, 0.1) is 5.71 Å². The quantitative estimate of drug-likeness (QED) is 0.209. The van der Waals surface area contributed by atoms with Gasteiger partial charge in [-0.25, -0.2) is 4.99 Å². The third-order valence-electron chi connectivity index (χ3n) is 6.66. The summed E-state index contributed by atoms with van der Waals surface area (Å²) in [5.41, 5.74) is 8.78. The molecule has 3 nitrogen and oxygen atoms in total. The molecule has 5 aromatic rings. The highest BCUT2D eigenvalue weighted by molar-refractivity contribution is 6.27. The van der Waals surface area contributed by atoms with Crippen molar-refractivity contribution < 1.29 is 4.42 Å². The molecule has 1 aliphatic rings. The van der Waals surface area contributed by atoms with Crippen LogP contribution in [-0.4, -0.2) is 11.5 Å². The second-order valence-corrected chi connectivity index (χ2v) is 9.17. The number of aliphatic imine (C=N–C) groups is 1. The summed E-state index contributed by atoms with van der Waals surface area (Å²) in [6.45, 7) is 2.09. The molecule has 4 aromatic carbocycles. The fourth-order valence-corrected chi connectivity index (χ4v) is 4.83. The van der Waals surface area contributed by atoms with Crippen LogP contribution in [0.4, 0.5) is 0 Å². The van der Waals surface area contributed by atoms with Crippen molar-refractivity contribution in [3.63, 3.8) is 0 Å². The van der Waals surface area contributed by atoms with Gasteiger partial charge < -0.3 is 4.42 Å². The van der Waals surface area contributed by atoms with Crippen molar-refractivity contribution in [3.8, 4) is 11.1 Å². The highest BCUT2D eigenvalue weighted by atomic mass is 16.3. The standard InChI is InChI=1S/C33H26N2O/c1-22-15-20-29-28(21-22)31-27(13-8-14-30(31)36-29)32(25-11-6-3-7-12-25)35-33(34)26-18-16-24(17-19-26)23-9-4-2-5-10-23/h2,4-6,8-21,34H,3,7H2,1H3. The molecular formula is C33H26N2O. The van der Waals surface area contributed by atoms with E-state index in [9.17, 15) is 0 Å². The average molecular weight is 467 g/mol. The fraction of sp³-hybridized carbons (Fsp3) is 0.0909. The van der Waals surface area contributed by atoms with Crippen LogP contribution in [0, 0.1) is 12.3 Å². The van der Waals surface area contributed by atoms with E-state index < -0.39 is 0 Å². The normalized spacial score (nSPS) is 13.8. The fourth-order valence-electron chi connectivity index (χ4n) is 4.83. The van der Waals surface area contributed by atoms with Crippen molar-refractivity contribution in [2.45, 2.75) is 19.8 Å². The maximum atomic E-state index is 8.91. The van der Waals surface area contributed by atoms with Gasteiger partial charge in [0.1, 0.15) is 11.2 Å². The zero-order valence-electron chi connectivity index (χ0n) is 20.2. The first kappa shape index (κ1) is 22.0. The van der Waals surface area contributed by atoms with Crippen LogP contribution in [0.25, 0.3) is 33.1 Å². The number of hydrogen-bond donors (Lipinski definition) is 1. The second kappa shape index (κ2) is 9.27. The van der Waals surface area contributed by atoms with Gasteiger partial charge in [-0.05, 0) is 54.7 Å². The zero-order valence-corrected chi connectivity index (χ0v) is 20.2. The van der Waals surface area contributed by atoms with Crippen LogP contribution in [-0.2, 0) is 0 Å². The molecule has 0 saturated carbocycles. The number of nitrogens with one attached hydrogen (secondary N) is 1. The lowest BCUT2D eigenvalue weighted by atomic mass is 9.93. The first-order valence-corrected chi connectivity index (χ1v) is 12.3. The second-order valence-electron chi connectivity index (χ2n) is 9.17. The number of aryl methyl sites for hydroxylation is 1. The van der Waals surface area contributed by atoms with Crippen LogP contribution in [0.3, 0.4) is 0 Å². The Morgan fingerprint density at radius 3 is 2.39 bits per heavy atom. The molecule has 6 rings (SSSR count). The molecule has 174 valence electrons. The van der Waals surface area contributed by atoms with Gasteiger partial charge in [-0.15, -0.1) is 0 Å². The summed E-state index contributed by atoms with van der Waals surface area (Å²) in [5, 5.41) is 11.0. The Balaban J connectivity index is 1.48. The maximum Gasteiger partial charge on any atom is 0.152 e. The highest BCUT2D eigenvalue weighted by Gasteiger charge is 2.18. The average Bonchev–Trinajstić information content (AvgIpc) is 3.31. The minimum absolute atomic E-state index is 0.241. The van der Waals surface area contributed by atoms with E-state index in [0.717, 1.165) is 68.3 Å². The lowest BCUT2D eigenvalue weighted by Crippen LogP contribution is -2.10. The van der Waals surface area contributed by atoms with Gasteiger partial charge in [0.2, 0.25) is 0 Å². The lowest BCUT2D eigenvalue weighted by molar-refractivity contribution is 0.669. The van der Waals surface area contributed by atoms with Crippen molar-refractivity contribution in [1.82, 2.24) is 0 Å². The summed E-state index contributed by atoms with van der Waals surface area (Å²) in [4.78, 5) is 4.94. The summed E-state index contributed by atoms with van der Waals surface area (Å²) >= 11 is 0. The predicted molar refractivity (Wildman–Crippen MR) is 150 cm³/mol. The molecule has 0 spiro atoms. The van der Waals surface area contributed by atoms with Gasteiger partial charge in [-0.3, -0.25) is 5.41 Å². The van der Waals surface area contributed by atoms with Gasteiger partial charge in [0, 0.05) is 21.9 Å². The van der Waals surface area contributed by atoms with Crippen molar-refractivity contribution in [3.05, 3.63) is 131 Å². The van der Waals surface area contributed by atoms with E-state index in [1.807, 2.05) is 48.5 Å². The number of allylic oxidation sites excluding steroid dienone is 4.